The molecule has 0 spiro atoms. The molecule has 0 bridgehead atoms. The fourth-order valence-corrected chi connectivity index (χ4v) is 9.27. The van der Waals surface area contributed by atoms with E-state index in [9.17, 15) is 19.2 Å². The number of carbonyl (C=O) groups excluding carboxylic acids is 4. The minimum Gasteiger partial charge on any atom is -0.460 e. The van der Waals surface area contributed by atoms with E-state index in [-0.39, 0.29) is 35.8 Å². The Morgan fingerprint density at radius 1 is 0.776 bits per heavy atom. The predicted octanol–water partition coefficient (Wildman–Crippen LogP) is 10.7. The molecule has 0 aliphatic rings. The van der Waals surface area contributed by atoms with E-state index in [0.717, 1.165) is 55.8 Å². The summed E-state index contributed by atoms with van der Waals surface area (Å²) in [6.45, 7) is 40.3. The maximum absolute atomic E-state index is 12.9. The van der Waals surface area contributed by atoms with Gasteiger partial charge >= 0.3 is 201 Å². The maximum Gasteiger partial charge on any atom is 0.306 e. The monoisotopic (exact) mass is 1050 g/mol. The second-order valence-electron chi connectivity index (χ2n) is 20.6. The van der Waals surface area contributed by atoms with Crippen molar-refractivity contribution in [3.63, 3.8) is 0 Å². The van der Waals surface area contributed by atoms with Crippen LogP contribution in [0.25, 0.3) is 0 Å². The van der Waals surface area contributed by atoms with E-state index in [2.05, 4.69) is 118 Å². The van der Waals surface area contributed by atoms with Crippen molar-refractivity contribution in [1.29, 1.82) is 0 Å². The van der Waals surface area contributed by atoms with Gasteiger partial charge in [-0.3, -0.25) is 9.59 Å². The van der Waals surface area contributed by atoms with Crippen LogP contribution < -0.4 is 14.6 Å². The number of esters is 2. The van der Waals surface area contributed by atoms with Crippen LogP contribution in [0.5, 0.6) is 0 Å². The molecule has 387 valence electrons. The summed E-state index contributed by atoms with van der Waals surface area (Å²) >= 11 is -1.71. The summed E-state index contributed by atoms with van der Waals surface area (Å²) in [5.74, 6) is 1.08. The zero-order chi connectivity index (χ0) is 52.8. The molecule has 3 N–H and O–H groups in total. The van der Waals surface area contributed by atoms with Crippen molar-refractivity contribution < 1.29 is 28.7 Å². The third-order valence-electron chi connectivity index (χ3n) is 9.08. The molecule has 0 saturated heterocycles. The number of ketones is 1. The normalized spacial score (nSPS) is 12.1. The Balaban J connectivity index is -0.000000577. The third-order valence-corrected chi connectivity index (χ3v) is 15.7. The van der Waals surface area contributed by atoms with Crippen LogP contribution >= 0.6 is 0 Å². The second-order valence-corrected chi connectivity index (χ2v) is 28.7. The second kappa shape index (κ2) is 40.6. The van der Waals surface area contributed by atoms with Gasteiger partial charge in [0.05, 0.1) is 0 Å². The number of unbranched alkanes of at least 4 members (excludes halogenated alkanes) is 1. The van der Waals surface area contributed by atoms with Crippen LogP contribution in [0.2, 0.25) is 9.38 Å². The number of terminal acetylenes is 1. The maximum atomic E-state index is 12.9. The van der Waals surface area contributed by atoms with Crippen molar-refractivity contribution in [2.75, 3.05) is 39.3 Å². The molecule has 1 radical (unpaired) electrons. The molecule has 0 heterocycles. The number of carbonyl (C=O) groups is 4. The number of nitrogens with zero attached hydrogens (tertiary/aromatic N) is 4. The average molecular weight is 1050 g/mol. The minimum absolute atomic E-state index is 0.0207. The molecule has 0 saturated carbocycles. The zero-order valence-electron chi connectivity index (χ0n) is 46.4. The summed E-state index contributed by atoms with van der Waals surface area (Å²) in [6, 6.07) is 6.33. The summed E-state index contributed by atoms with van der Waals surface area (Å²) in [5.41, 5.74) is 7.72. The summed E-state index contributed by atoms with van der Waals surface area (Å²) in [7, 11) is 0. The summed E-state index contributed by atoms with van der Waals surface area (Å²) < 4.78 is 13.3. The van der Waals surface area contributed by atoms with E-state index in [4.69, 9.17) is 15.2 Å². The van der Waals surface area contributed by atoms with E-state index in [1.165, 1.54) is 27.3 Å². The van der Waals surface area contributed by atoms with Crippen molar-refractivity contribution >= 4 is 59.0 Å². The molecule has 67 heavy (non-hydrogen) atoms. The first kappa shape index (κ1) is 70.3. The molecule has 1 atom stereocenters. The van der Waals surface area contributed by atoms with Gasteiger partial charge < -0.3 is 14.3 Å². The van der Waals surface area contributed by atoms with E-state index < -0.39 is 25.4 Å². The van der Waals surface area contributed by atoms with Crippen LogP contribution in [0.4, 0.5) is 0 Å². The molecule has 1 amide bonds. The Morgan fingerprint density at radius 3 is 1.69 bits per heavy atom. The van der Waals surface area contributed by atoms with Crippen molar-refractivity contribution in [3.8, 4) is 12.8 Å². The number of Topliss-reactive ketones (excluding diaryl/α,β-unsaturated/α-hetero) is 1. The van der Waals surface area contributed by atoms with Crippen LogP contribution in [0.3, 0.4) is 0 Å². The van der Waals surface area contributed by atoms with Gasteiger partial charge in [-0.05, 0) is 72.6 Å². The molecular formula is C54H101N6O6Sn. The van der Waals surface area contributed by atoms with Crippen LogP contribution in [0.15, 0.2) is 28.4 Å². The number of amidine groups is 1. The first-order valence-electron chi connectivity index (χ1n) is 24.8. The minimum atomic E-state index is -1.71. The van der Waals surface area contributed by atoms with E-state index >= 15 is 0 Å². The number of nitrogens with one attached hydrogen (secondary N) is 1. The van der Waals surface area contributed by atoms with Crippen molar-refractivity contribution in [2.24, 2.45) is 27.3 Å². The van der Waals surface area contributed by atoms with Gasteiger partial charge in [-0.25, -0.2) is 0 Å². The van der Waals surface area contributed by atoms with Gasteiger partial charge in [0.2, 0.25) is 0 Å². The molecule has 0 aliphatic heterocycles. The molecule has 1 aromatic carbocycles. The fourth-order valence-electron chi connectivity index (χ4n) is 5.73. The Morgan fingerprint density at radius 2 is 1.25 bits per heavy atom. The van der Waals surface area contributed by atoms with Gasteiger partial charge in [0.25, 0.3) is 0 Å². The molecule has 13 heteroatoms. The van der Waals surface area contributed by atoms with Gasteiger partial charge in [0, 0.05) is 12.8 Å². The number of ether oxygens (including phenoxy) is 2. The average Bonchev–Trinajstić information content (AvgIpc) is 3.22. The molecule has 1 rings (SSSR count). The van der Waals surface area contributed by atoms with Gasteiger partial charge in [-0.2, -0.15) is 0 Å². The topological polar surface area (TPSA) is 156 Å². The molecule has 1 aromatic rings. The van der Waals surface area contributed by atoms with Gasteiger partial charge in [0.1, 0.15) is 17.0 Å². The molecule has 0 aliphatic carbocycles. The van der Waals surface area contributed by atoms with Gasteiger partial charge in [0.15, 0.2) is 0 Å². The predicted molar refractivity (Wildman–Crippen MR) is 289 cm³/mol. The molecular weight excluding hydrogens is 947 g/mol. The number of hydrogen-bond donors (Lipinski definition) is 2. The van der Waals surface area contributed by atoms with Gasteiger partial charge in [-0.1, -0.05) is 81.1 Å². The Kier molecular flexibility index (Phi) is 42.6. The van der Waals surface area contributed by atoms with E-state index in [1.54, 1.807) is 20.1 Å². The Bertz CT molecular complexity index is 1550. The zero-order valence-corrected chi connectivity index (χ0v) is 49.2. The van der Waals surface area contributed by atoms with Crippen LogP contribution in [0, 0.1) is 24.2 Å². The van der Waals surface area contributed by atoms with E-state index in [0.29, 0.717) is 50.3 Å². The number of benzene rings is 1. The summed E-state index contributed by atoms with van der Waals surface area (Å²) in [6.07, 6.45) is 18.7. The van der Waals surface area contributed by atoms with Crippen molar-refractivity contribution in [2.45, 2.75) is 210 Å². The van der Waals surface area contributed by atoms with Gasteiger partial charge in [-0.15, -0.1) is 12.8 Å². The summed E-state index contributed by atoms with van der Waals surface area (Å²) in [4.78, 5) is 53.2. The first-order chi connectivity index (χ1) is 31.0. The van der Waals surface area contributed by atoms with Crippen LogP contribution in [-0.4, -0.2) is 116 Å². The smallest absolute Gasteiger partial charge is 0.306 e. The van der Waals surface area contributed by atoms with Crippen molar-refractivity contribution in [1.82, 2.24) is 15.1 Å². The largest absolute Gasteiger partial charge is 0.460 e. The van der Waals surface area contributed by atoms with Crippen LogP contribution in [-0.2, 0) is 35.2 Å². The molecule has 1 unspecified atom stereocenters. The SMILES string of the molecule is C#C.C/C=N\N=C(/N)c1cc(CNC(=O)CN(CCC)CCN(CCC)CC(=O)OC(C)(C)C)c[c]([Sn]([CH3])[CH2]C)c1.CC(C)(C)C.CCC(C)=O.CCCCC(C)CCCC(=O)OC(C)(C)C. The fraction of sp³-hybridized carbons (Fsp3) is 0.741. The number of hydrogen-bond acceptors (Lipinski definition) is 10. The molecule has 0 fully saturated rings. The molecule has 0 aromatic heterocycles. The number of nitrogens with two attached hydrogens (primary N) is 1. The third kappa shape index (κ3) is 49.0. The molecule has 12 nitrogen and oxygen atoms in total. The summed E-state index contributed by atoms with van der Waals surface area (Å²) in [5, 5.41) is 11.1. The Hall–Kier alpha value is -3.28. The van der Waals surface area contributed by atoms with E-state index in [1.807, 2.05) is 54.5 Å². The standard InChI is InChI=1S/C26H43N6O3.C14H28O2.C5H12.C4H8O.C2H5.C2H2.CH3.Sn/c1-7-13-31(15-16-32(14-8-2)20-24(34)35-26(4,5)6)19-23(33)28-18-21-11-10-12-22(17-21)25(27)30-29-9-3;1-6-7-9-12(2)10-8-11-13(15)16-14(3,4)5;1-5(2,3)4;1-3-4(2)5;2*1-2;;/h9,11-12,17H,7-8,13-16,18-20H2,1-6H3,(H2,27,30)(H,28,33);12H,6-11H2,1-5H3;1-4H3;3H2,1-2H3;1H2,2H3;1-2H;1H3;/b29-9-;;;;;;;. The number of amides is 1. The van der Waals surface area contributed by atoms with Crippen LogP contribution in [0.1, 0.15) is 194 Å². The Labute approximate surface area is 418 Å². The van der Waals surface area contributed by atoms with Crippen molar-refractivity contribution in [3.05, 3.63) is 29.3 Å². The number of rotatable bonds is 25. The first-order valence-corrected chi connectivity index (χ1v) is 31.1. The quantitative estimate of drug-likeness (QED) is 0.0243.